The number of ether oxygens (including phenoxy) is 1. The van der Waals surface area contributed by atoms with Gasteiger partial charge >= 0.3 is 6.09 Å². The number of carbonyl (C=O) groups excluding carboxylic acids is 2. The van der Waals surface area contributed by atoms with Crippen LogP contribution in [0.25, 0.3) is 0 Å². The average molecular weight is 334 g/mol. The Hall–Kier alpha value is -2.04. The van der Waals surface area contributed by atoms with E-state index in [0.29, 0.717) is 13.0 Å². The summed E-state index contributed by atoms with van der Waals surface area (Å²) in [6, 6.07) is 9.81. The van der Waals surface area contributed by atoms with E-state index < -0.39 is 11.7 Å². The third-order valence-corrected chi connectivity index (χ3v) is 3.59. The lowest BCUT2D eigenvalue weighted by Crippen LogP contribution is -2.44. The maximum Gasteiger partial charge on any atom is 0.407 e. The first kappa shape index (κ1) is 20.0. The van der Waals surface area contributed by atoms with Gasteiger partial charge in [0.2, 0.25) is 5.91 Å². The molecule has 0 aromatic heterocycles. The lowest BCUT2D eigenvalue weighted by atomic mass is 9.97. The Balaban J connectivity index is 2.44. The predicted octanol–water partition coefficient (Wildman–Crippen LogP) is 3.55. The van der Waals surface area contributed by atoms with Crippen LogP contribution in [0.4, 0.5) is 4.79 Å². The van der Waals surface area contributed by atoms with Gasteiger partial charge in [-0.1, -0.05) is 37.3 Å². The van der Waals surface area contributed by atoms with Crippen molar-refractivity contribution in [2.24, 2.45) is 0 Å². The summed E-state index contributed by atoms with van der Waals surface area (Å²) >= 11 is 0. The van der Waals surface area contributed by atoms with Gasteiger partial charge in [0.05, 0.1) is 0 Å². The van der Waals surface area contributed by atoms with Crippen molar-refractivity contribution in [2.45, 2.75) is 58.6 Å². The van der Waals surface area contributed by atoms with Crippen LogP contribution in [-0.2, 0) is 9.53 Å². The number of benzene rings is 1. The van der Waals surface area contributed by atoms with E-state index in [1.54, 1.807) is 11.9 Å². The highest BCUT2D eigenvalue weighted by Gasteiger charge is 2.20. The van der Waals surface area contributed by atoms with E-state index in [2.05, 4.69) is 5.32 Å². The summed E-state index contributed by atoms with van der Waals surface area (Å²) in [5, 5.41) is 2.75. The van der Waals surface area contributed by atoms with Gasteiger partial charge in [0, 0.05) is 26.1 Å². The molecule has 2 amide bonds. The van der Waals surface area contributed by atoms with Crippen molar-refractivity contribution in [2.75, 3.05) is 13.6 Å². The van der Waals surface area contributed by atoms with Gasteiger partial charge < -0.3 is 15.0 Å². The molecule has 0 fully saturated rings. The number of alkyl carbamates (subject to hydrolysis) is 1. The number of hydrogen-bond acceptors (Lipinski definition) is 3. The van der Waals surface area contributed by atoms with Gasteiger partial charge in [-0.2, -0.15) is 0 Å². The first-order valence-corrected chi connectivity index (χ1v) is 8.37. The van der Waals surface area contributed by atoms with Gasteiger partial charge in [-0.05, 0) is 39.2 Å². The van der Waals surface area contributed by atoms with Crippen molar-refractivity contribution < 1.29 is 14.3 Å². The van der Waals surface area contributed by atoms with Crippen LogP contribution < -0.4 is 5.32 Å². The molecule has 5 nitrogen and oxygen atoms in total. The minimum absolute atomic E-state index is 0.0594. The molecule has 0 aliphatic rings. The lowest BCUT2D eigenvalue weighted by molar-refractivity contribution is -0.130. The van der Waals surface area contributed by atoms with E-state index in [4.69, 9.17) is 4.74 Å². The van der Waals surface area contributed by atoms with Gasteiger partial charge in [0.1, 0.15) is 5.60 Å². The maximum absolute atomic E-state index is 12.4. The van der Waals surface area contributed by atoms with Crippen LogP contribution in [0.2, 0.25) is 0 Å². The predicted molar refractivity (Wildman–Crippen MR) is 95.9 cm³/mol. The molecule has 0 aliphatic carbocycles. The van der Waals surface area contributed by atoms with Crippen LogP contribution in [0.5, 0.6) is 0 Å². The molecule has 0 spiro atoms. The van der Waals surface area contributed by atoms with Crippen molar-refractivity contribution in [3.8, 4) is 0 Å². The summed E-state index contributed by atoms with van der Waals surface area (Å²) in [4.78, 5) is 25.8. The zero-order chi connectivity index (χ0) is 18.3. The van der Waals surface area contributed by atoms with E-state index in [1.165, 1.54) is 0 Å². The summed E-state index contributed by atoms with van der Waals surface area (Å²) < 4.78 is 5.22. The smallest absolute Gasteiger partial charge is 0.407 e. The number of carbonyl (C=O) groups is 2. The summed E-state index contributed by atoms with van der Waals surface area (Å²) in [5.74, 6) is 0.222. The number of likely N-dealkylation sites (N-methyl/N-ethyl adjacent to an activating group) is 1. The highest BCUT2D eigenvalue weighted by Crippen LogP contribution is 2.19. The highest BCUT2D eigenvalue weighted by atomic mass is 16.6. The van der Waals surface area contributed by atoms with E-state index in [-0.39, 0.29) is 17.9 Å². The fraction of sp³-hybridized carbons (Fsp3) is 0.579. The summed E-state index contributed by atoms with van der Waals surface area (Å²) in [7, 11) is 1.76. The summed E-state index contributed by atoms with van der Waals surface area (Å²) in [6.45, 7) is 9.80. The molecule has 0 bridgehead atoms. The number of nitrogens with zero attached hydrogens (tertiary/aromatic N) is 1. The fourth-order valence-corrected chi connectivity index (χ4v) is 2.38. The molecule has 0 saturated carbocycles. The summed E-state index contributed by atoms with van der Waals surface area (Å²) in [5.41, 5.74) is 0.621. The largest absolute Gasteiger partial charge is 0.444 e. The van der Waals surface area contributed by atoms with Gasteiger partial charge in [-0.25, -0.2) is 4.79 Å². The van der Waals surface area contributed by atoms with Crippen LogP contribution in [-0.4, -0.2) is 42.1 Å². The van der Waals surface area contributed by atoms with E-state index >= 15 is 0 Å². The van der Waals surface area contributed by atoms with Crippen molar-refractivity contribution in [3.63, 3.8) is 0 Å². The van der Waals surface area contributed by atoms with Crippen molar-refractivity contribution >= 4 is 12.0 Å². The monoisotopic (exact) mass is 334 g/mol. The minimum Gasteiger partial charge on any atom is -0.444 e. The van der Waals surface area contributed by atoms with E-state index in [9.17, 15) is 9.59 Å². The second kappa shape index (κ2) is 8.71. The number of nitrogens with one attached hydrogen (secondary N) is 1. The maximum atomic E-state index is 12.4. The Morgan fingerprint density at radius 1 is 1.17 bits per heavy atom. The number of rotatable bonds is 6. The Kier molecular flexibility index (Phi) is 7.26. The zero-order valence-corrected chi connectivity index (χ0v) is 15.6. The highest BCUT2D eigenvalue weighted by molar-refractivity contribution is 5.77. The molecule has 1 aromatic carbocycles. The molecular weight excluding hydrogens is 304 g/mol. The second-order valence-corrected chi connectivity index (χ2v) is 7.34. The molecule has 2 unspecified atom stereocenters. The molecule has 24 heavy (non-hydrogen) atoms. The lowest BCUT2D eigenvalue weighted by Gasteiger charge is -2.25. The standard InChI is InChI=1S/C19H30N2O3/c1-14(16-10-8-7-9-11-16)12-17(22)21(6)13-15(2)20-18(23)24-19(3,4)5/h7-11,14-15H,12-13H2,1-6H3,(H,20,23). The van der Waals surface area contributed by atoms with Gasteiger partial charge in [-0.3, -0.25) is 4.79 Å². The number of hydrogen-bond donors (Lipinski definition) is 1. The number of amides is 2. The minimum atomic E-state index is -0.531. The molecule has 5 heteroatoms. The van der Waals surface area contributed by atoms with Crippen molar-refractivity contribution in [3.05, 3.63) is 35.9 Å². The van der Waals surface area contributed by atoms with Gasteiger partial charge in [0.15, 0.2) is 0 Å². The topological polar surface area (TPSA) is 58.6 Å². The normalized spacial score (nSPS) is 13.8. The van der Waals surface area contributed by atoms with Crippen molar-refractivity contribution in [1.82, 2.24) is 10.2 Å². The fourth-order valence-electron chi connectivity index (χ4n) is 2.38. The molecule has 2 atom stereocenters. The molecule has 0 radical (unpaired) electrons. The molecule has 0 saturated heterocycles. The van der Waals surface area contributed by atoms with Gasteiger partial charge in [-0.15, -0.1) is 0 Å². The molecular formula is C19H30N2O3. The Morgan fingerprint density at radius 3 is 2.29 bits per heavy atom. The molecule has 1 rings (SSSR count). The van der Waals surface area contributed by atoms with Crippen LogP contribution in [0.15, 0.2) is 30.3 Å². The van der Waals surface area contributed by atoms with E-state index in [0.717, 1.165) is 5.56 Å². The Labute approximate surface area is 145 Å². The van der Waals surface area contributed by atoms with Crippen LogP contribution >= 0.6 is 0 Å². The van der Waals surface area contributed by atoms with Crippen LogP contribution in [0.3, 0.4) is 0 Å². The molecule has 1 aromatic rings. The zero-order valence-electron chi connectivity index (χ0n) is 15.6. The molecule has 0 heterocycles. The molecule has 134 valence electrons. The van der Waals surface area contributed by atoms with Crippen molar-refractivity contribution in [1.29, 1.82) is 0 Å². The summed E-state index contributed by atoms with van der Waals surface area (Å²) in [6.07, 6.45) is -0.0202. The van der Waals surface area contributed by atoms with Crippen LogP contribution in [0, 0.1) is 0 Å². The third-order valence-electron chi connectivity index (χ3n) is 3.59. The van der Waals surface area contributed by atoms with Gasteiger partial charge in [0.25, 0.3) is 0 Å². The second-order valence-electron chi connectivity index (χ2n) is 7.34. The Bertz CT molecular complexity index is 537. The van der Waals surface area contributed by atoms with Crippen LogP contribution in [0.1, 0.15) is 52.5 Å². The SMILES string of the molecule is CC(CN(C)C(=O)CC(C)c1ccccc1)NC(=O)OC(C)(C)C. The quantitative estimate of drug-likeness (QED) is 0.865. The Morgan fingerprint density at radius 2 is 1.75 bits per heavy atom. The third kappa shape index (κ3) is 7.49. The molecule has 1 N–H and O–H groups in total. The first-order valence-electron chi connectivity index (χ1n) is 8.37. The average Bonchev–Trinajstić information content (AvgIpc) is 2.45. The first-order chi connectivity index (χ1) is 11.1. The van der Waals surface area contributed by atoms with E-state index in [1.807, 2.05) is 65.0 Å². The molecule has 0 aliphatic heterocycles.